The maximum atomic E-state index is 13.3. The molecule has 1 atom stereocenters. The lowest BCUT2D eigenvalue weighted by Crippen LogP contribution is -2.21. The monoisotopic (exact) mass is 417 g/mol. The molecule has 2 aromatic heterocycles. The average molecular weight is 418 g/mol. The van der Waals surface area contributed by atoms with Crippen LogP contribution in [0.5, 0.6) is 0 Å². The van der Waals surface area contributed by atoms with Crippen molar-refractivity contribution in [3.63, 3.8) is 0 Å². The van der Waals surface area contributed by atoms with Crippen LogP contribution in [0.1, 0.15) is 6.92 Å². The summed E-state index contributed by atoms with van der Waals surface area (Å²) in [5, 5.41) is 15.5. The first-order valence-corrected chi connectivity index (χ1v) is 8.73. The number of rotatable bonds is 6. The minimum absolute atomic E-state index is 0.0489. The normalized spacial score (nSPS) is 11.8. The number of hydrogen-bond donors (Lipinski definition) is 3. The van der Waals surface area contributed by atoms with Crippen LogP contribution < -0.4 is 10.6 Å². The fourth-order valence-electron chi connectivity index (χ4n) is 2.23. The van der Waals surface area contributed by atoms with E-state index in [0.717, 1.165) is 5.56 Å². The first kappa shape index (κ1) is 18.2. The van der Waals surface area contributed by atoms with Crippen LogP contribution in [0.2, 0.25) is 0 Å². The van der Waals surface area contributed by atoms with Crippen molar-refractivity contribution in [2.24, 2.45) is 0 Å². The van der Waals surface area contributed by atoms with Crippen molar-refractivity contribution in [1.29, 1.82) is 0 Å². The molecular weight excluding hydrogens is 401 g/mol. The number of nitrogens with one attached hydrogen (secondary N) is 2. The minimum atomic E-state index is -0.333. The average Bonchev–Trinajstić information content (AvgIpc) is 2.64. The Morgan fingerprint density at radius 3 is 2.77 bits per heavy atom. The van der Waals surface area contributed by atoms with Gasteiger partial charge in [0.1, 0.15) is 11.6 Å². The number of anilines is 3. The molecule has 0 radical (unpaired) electrons. The molecule has 0 bridgehead atoms. The Labute approximate surface area is 158 Å². The summed E-state index contributed by atoms with van der Waals surface area (Å²) in [6, 6.07) is 9.65. The summed E-state index contributed by atoms with van der Waals surface area (Å²) in [5.74, 6) is 0.563. The van der Waals surface area contributed by atoms with Crippen molar-refractivity contribution in [3.05, 3.63) is 59.1 Å². The van der Waals surface area contributed by atoms with Crippen LogP contribution in [-0.4, -0.2) is 32.7 Å². The second kappa shape index (κ2) is 8.20. The van der Waals surface area contributed by atoms with Crippen LogP contribution in [0.4, 0.5) is 21.8 Å². The summed E-state index contributed by atoms with van der Waals surface area (Å²) in [4.78, 5) is 13.0. The molecule has 134 valence electrons. The predicted octanol–water partition coefficient (Wildman–Crippen LogP) is 3.98. The topological polar surface area (TPSA) is 83.0 Å². The number of benzene rings is 1. The van der Waals surface area contributed by atoms with Gasteiger partial charge in [-0.1, -0.05) is 0 Å². The molecule has 0 aliphatic carbocycles. The molecule has 0 aliphatic heterocycles. The lowest BCUT2D eigenvalue weighted by molar-refractivity contribution is 0.281. The third-order valence-corrected chi connectivity index (χ3v) is 4.18. The van der Waals surface area contributed by atoms with Gasteiger partial charge < -0.3 is 15.7 Å². The lowest BCUT2D eigenvalue weighted by Gasteiger charge is -2.14. The number of aromatic nitrogens is 3. The van der Waals surface area contributed by atoms with Gasteiger partial charge in [0.25, 0.3) is 0 Å². The van der Waals surface area contributed by atoms with E-state index in [4.69, 9.17) is 0 Å². The molecule has 0 fully saturated rings. The smallest absolute Gasteiger partial charge is 0.225 e. The molecule has 26 heavy (non-hydrogen) atoms. The molecule has 3 N–H and O–H groups in total. The number of aliphatic hydroxyl groups excluding tert-OH is 1. The molecule has 3 rings (SSSR count). The maximum absolute atomic E-state index is 13.3. The molecular formula is C18H17BrFN5O. The Morgan fingerprint density at radius 2 is 2.08 bits per heavy atom. The maximum Gasteiger partial charge on any atom is 0.225 e. The summed E-state index contributed by atoms with van der Waals surface area (Å²) >= 11 is 3.33. The predicted molar refractivity (Wildman–Crippen MR) is 103 cm³/mol. The molecule has 6 nitrogen and oxygen atoms in total. The van der Waals surface area contributed by atoms with E-state index in [-0.39, 0.29) is 18.5 Å². The van der Waals surface area contributed by atoms with Gasteiger partial charge in [0.05, 0.1) is 18.0 Å². The summed E-state index contributed by atoms with van der Waals surface area (Å²) in [6.45, 7) is 1.77. The van der Waals surface area contributed by atoms with Gasteiger partial charge in [0.2, 0.25) is 5.95 Å². The second-order valence-electron chi connectivity index (χ2n) is 5.68. The van der Waals surface area contributed by atoms with Crippen molar-refractivity contribution in [2.45, 2.75) is 13.0 Å². The first-order valence-electron chi connectivity index (χ1n) is 7.94. The zero-order valence-corrected chi connectivity index (χ0v) is 15.5. The number of pyridine rings is 1. The summed E-state index contributed by atoms with van der Waals surface area (Å²) in [7, 11) is 0. The van der Waals surface area contributed by atoms with Crippen LogP contribution in [0, 0.1) is 5.82 Å². The highest BCUT2D eigenvalue weighted by molar-refractivity contribution is 9.10. The number of hydrogen-bond acceptors (Lipinski definition) is 6. The standard InChI is InChI=1S/C18H17BrFN5O/c1-11(10-26)22-18-24-16(12-3-2-6-21-9-12)8-17(25-18)23-15-5-4-13(20)7-14(15)19/h2-9,11,26H,10H2,1H3,(H2,22,23,24,25)/t11-/m1/s1. The zero-order valence-electron chi connectivity index (χ0n) is 13.9. The van der Waals surface area contributed by atoms with Gasteiger partial charge in [-0.25, -0.2) is 9.37 Å². The largest absolute Gasteiger partial charge is 0.394 e. The lowest BCUT2D eigenvalue weighted by atomic mass is 10.2. The summed E-state index contributed by atoms with van der Waals surface area (Å²) in [5.41, 5.74) is 2.17. The first-order chi connectivity index (χ1) is 12.5. The second-order valence-corrected chi connectivity index (χ2v) is 6.54. The van der Waals surface area contributed by atoms with Crippen molar-refractivity contribution in [2.75, 3.05) is 17.2 Å². The van der Waals surface area contributed by atoms with Gasteiger partial charge in [-0.3, -0.25) is 4.98 Å². The highest BCUT2D eigenvalue weighted by atomic mass is 79.9. The van der Waals surface area contributed by atoms with Crippen molar-refractivity contribution >= 4 is 33.4 Å². The Bertz CT molecular complexity index is 894. The Balaban J connectivity index is 1.98. The fraction of sp³-hybridized carbons (Fsp3) is 0.167. The Morgan fingerprint density at radius 1 is 1.23 bits per heavy atom. The minimum Gasteiger partial charge on any atom is -0.394 e. The molecule has 0 saturated carbocycles. The highest BCUT2D eigenvalue weighted by Gasteiger charge is 2.11. The van der Waals surface area contributed by atoms with Crippen LogP contribution in [0.3, 0.4) is 0 Å². The molecule has 0 amide bonds. The zero-order chi connectivity index (χ0) is 18.5. The van der Waals surface area contributed by atoms with Crippen LogP contribution >= 0.6 is 15.9 Å². The van der Waals surface area contributed by atoms with Gasteiger partial charge >= 0.3 is 0 Å². The van der Waals surface area contributed by atoms with E-state index >= 15 is 0 Å². The highest BCUT2D eigenvalue weighted by Crippen LogP contribution is 2.28. The van der Waals surface area contributed by atoms with Crippen LogP contribution in [0.25, 0.3) is 11.3 Å². The molecule has 0 aliphatic rings. The Hall–Kier alpha value is -2.58. The summed E-state index contributed by atoms with van der Waals surface area (Å²) in [6.07, 6.45) is 3.39. The van der Waals surface area contributed by atoms with Crippen molar-refractivity contribution < 1.29 is 9.50 Å². The number of nitrogens with zero attached hydrogens (tertiary/aromatic N) is 3. The van der Waals surface area contributed by atoms with E-state index in [1.165, 1.54) is 12.1 Å². The Kier molecular flexibility index (Phi) is 5.75. The molecule has 0 saturated heterocycles. The molecule has 0 spiro atoms. The van der Waals surface area contributed by atoms with E-state index in [0.29, 0.717) is 27.6 Å². The van der Waals surface area contributed by atoms with E-state index in [9.17, 15) is 9.50 Å². The quantitative estimate of drug-likeness (QED) is 0.562. The van der Waals surface area contributed by atoms with E-state index in [1.54, 1.807) is 24.5 Å². The van der Waals surface area contributed by atoms with E-state index in [1.807, 2.05) is 19.1 Å². The van der Waals surface area contributed by atoms with E-state index < -0.39 is 0 Å². The van der Waals surface area contributed by atoms with E-state index in [2.05, 4.69) is 41.5 Å². The third-order valence-electron chi connectivity index (χ3n) is 3.53. The number of halogens is 2. The summed E-state index contributed by atoms with van der Waals surface area (Å²) < 4.78 is 13.9. The van der Waals surface area contributed by atoms with Crippen molar-refractivity contribution in [1.82, 2.24) is 15.0 Å². The SMILES string of the molecule is C[C@H](CO)Nc1nc(Nc2ccc(F)cc2Br)cc(-c2cccnc2)n1. The molecule has 0 unspecified atom stereocenters. The van der Waals surface area contributed by atoms with Gasteiger partial charge in [-0.15, -0.1) is 0 Å². The third kappa shape index (κ3) is 4.53. The molecule has 2 heterocycles. The number of aliphatic hydroxyl groups is 1. The van der Waals surface area contributed by atoms with Crippen LogP contribution in [0.15, 0.2) is 53.3 Å². The van der Waals surface area contributed by atoms with Crippen LogP contribution in [-0.2, 0) is 0 Å². The van der Waals surface area contributed by atoms with Gasteiger partial charge in [-0.05, 0) is 53.2 Å². The van der Waals surface area contributed by atoms with Crippen molar-refractivity contribution in [3.8, 4) is 11.3 Å². The van der Waals surface area contributed by atoms with Gasteiger partial charge in [-0.2, -0.15) is 4.98 Å². The van der Waals surface area contributed by atoms with Gasteiger partial charge in [0.15, 0.2) is 0 Å². The molecule has 3 aromatic rings. The molecule has 1 aromatic carbocycles. The molecule has 8 heteroatoms. The van der Waals surface area contributed by atoms with Gasteiger partial charge in [0, 0.05) is 34.5 Å². The fourth-order valence-corrected chi connectivity index (χ4v) is 2.68.